The molecule has 1 saturated heterocycles. The molecule has 3 atom stereocenters. The van der Waals surface area contributed by atoms with Gasteiger partial charge in [-0.3, -0.25) is 4.90 Å². The zero-order valence-corrected chi connectivity index (χ0v) is 16.7. The summed E-state index contributed by atoms with van der Waals surface area (Å²) in [4.78, 5) is 2.64. The lowest BCUT2D eigenvalue weighted by Crippen LogP contribution is -2.53. The largest absolute Gasteiger partial charge is 0.508 e. The maximum atomic E-state index is 10.1. The second kappa shape index (κ2) is 7.65. The van der Waals surface area contributed by atoms with Crippen molar-refractivity contribution in [1.29, 1.82) is 0 Å². The van der Waals surface area contributed by atoms with Crippen LogP contribution >= 0.6 is 0 Å². The molecule has 1 fully saturated rings. The molecule has 2 aromatic rings. The molecule has 1 aliphatic heterocycles. The Bertz CT molecular complexity index is 796. The second-order valence-corrected chi connectivity index (χ2v) is 8.24. The number of phenols is 1. The van der Waals surface area contributed by atoms with Crippen molar-refractivity contribution in [3.8, 4) is 5.75 Å². The zero-order valence-electron chi connectivity index (χ0n) is 16.7. The Morgan fingerprint density at radius 2 is 1.93 bits per heavy atom. The van der Waals surface area contributed by atoms with E-state index in [1.807, 2.05) is 6.07 Å². The van der Waals surface area contributed by atoms with Gasteiger partial charge in [-0.15, -0.1) is 0 Å². The Labute approximate surface area is 163 Å². The molecular formula is C24H31NO2. The number of nitrogens with zero attached hydrogens (tertiary/aromatic N) is 1. The average molecular weight is 366 g/mol. The number of morpholine rings is 1. The Morgan fingerprint density at radius 3 is 2.67 bits per heavy atom. The molecule has 0 amide bonds. The molecule has 3 unspecified atom stereocenters. The normalized spacial score (nSPS) is 25.1. The summed E-state index contributed by atoms with van der Waals surface area (Å²) >= 11 is 0. The molecule has 0 bridgehead atoms. The monoisotopic (exact) mass is 365 g/mol. The minimum absolute atomic E-state index is 0.0653. The lowest BCUT2D eigenvalue weighted by atomic mass is 9.83. The van der Waals surface area contributed by atoms with Crippen molar-refractivity contribution >= 4 is 0 Å². The molecule has 3 heteroatoms. The standard InChI is InChI=1S/C24H31NO2/c1-4-12-25-15-20(14-21-16(2)6-5-7-17(21)3)27-24-22-13-19(26)10-8-18(22)9-11-23(24)25/h5-8,10,13,20,23-24,26H,4,9,11-12,14-15H2,1-3H3. The highest BCUT2D eigenvalue weighted by Gasteiger charge is 2.40. The molecule has 144 valence electrons. The molecule has 0 spiro atoms. The van der Waals surface area contributed by atoms with Gasteiger partial charge < -0.3 is 9.84 Å². The summed E-state index contributed by atoms with van der Waals surface area (Å²) in [7, 11) is 0. The highest BCUT2D eigenvalue weighted by molar-refractivity contribution is 5.40. The molecule has 3 nitrogen and oxygen atoms in total. The van der Waals surface area contributed by atoms with E-state index in [0.29, 0.717) is 11.8 Å². The number of hydrogen-bond acceptors (Lipinski definition) is 3. The van der Waals surface area contributed by atoms with Crippen LogP contribution < -0.4 is 0 Å². The third-order valence-electron chi connectivity index (χ3n) is 6.33. The zero-order chi connectivity index (χ0) is 19.0. The van der Waals surface area contributed by atoms with E-state index in [1.165, 1.54) is 27.8 Å². The molecule has 1 N–H and O–H groups in total. The van der Waals surface area contributed by atoms with Crippen molar-refractivity contribution in [3.05, 3.63) is 64.2 Å². The third-order valence-corrected chi connectivity index (χ3v) is 6.33. The van der Waals surface area contributed by atoms with Gasteiger partial charge in [-0.2, -0.15) is 0 Å². The predicted octanol–water partition coefficient (Wildman–Crippen LogP) is 4.72. The van der Waals surface area contributed by atoms with Crippen LogP contribution in [0.4, 0.5) is 0 Å². The van der Waals surface area contributed by atoms with Crippen molar-refractivity contribution in [3.63, 3.8) is 0 Å². The number of ether oxygens (including phenoxy) is 1. The van der Waals surface area contributed by atoms with Crippen LogP contribution in [0, 0.1) is 13.8 Å². The first-order valence-electron chi connectivity index (χ1n) is 10.3. The van der Waals surface area contributed by atoms with Crippen LogP contribution in [0.5, 0.6) is 5.75 Å². The maximum absolute atomic E-state index is 10.1. The number of benzene rings is 2. The molecule has 2 aliphatic rings. The van der Waals surface area contributed by atoms with Gasteiger partial charge in [0.2, 0.25) is 0 Å². The van der Waals surface area contributed by atoms with Crippen LogP contribution in [0.2, 0.25) is 0 Å². The number of fused-ring (bicyclic) bond motifs is 3. The van der Waals surface area contributed by atoms with Crippen molar-refractivity contribution in [2.75, 3.05) is 13.1 Å². The third kappa shape index (κ3) is 3.63. The minimum Gasteiger partial charge on any atom is -0.508 e. The summed E-state index contributed by atoms with van der Waals surface area (Å²) < 4.78 is 6.71. The van der Waals surface area contributed by atoms with Crippen LogP contribution in [0.25, 0.3) is 0 Å². The smallest absolute Gasteiger partial charge is 0.115 e. The first-order chi connectivity index (χ1) is 13.1. The molecular weight excluding hydrogens is 334 g/mol. The topological polar surface area (TPSA) is 32.7 Å². The summed E-state index contributed by atoms with van der Waals surface area (Å²) in [6.45, 7) is 8.77. The molecule has 4 rings (SSSR count). The number of rotatable bonds is 4. The van der Waals surface area contributed by atoms with Gasteiger partial charge in [0, 0.05) is 19.0 Å². The Kier molecular flexibility index (Phi) is 5.25. The highest BCUT2D eigenvalue weighted by atomic mass is 16.5. The van der Waals surface area contributed by atoms with E-state index in [4.69, 9.17) is 4.74 Å². The van der Waals surface area contributed by atoms with E-state index >= 15 is 0 Å². The van der Waals surface area contributed by atoms with Gasteiger partial charge >= 0.3 is 0 Å². The van der Waals surface area contributed by atoms with Crippen molar-refractivity contribution in [1.82, 2.24) is 4.90 Å². The summed E-state index contributed by atoms with van der Waals surface area (Å²) in [5.74, 6) is 0.344. The van der Waals surface area contributed by atoms with Gasteiger partial charge in [0.05, 0.1) is 12.2 Å². The van der Waals surface area contributed by atoms with Gasteiger partial charge in [0.1, 0.15) is 5.75 Å². The fourth-order valence-electron chi connectivity index (χ4n) is 4.98. The van der Waals surface area contributed by atoms with Crippen LogP contribution in [-0.4, -0.2) is 35.2 Å². The van der Waals surface area contributed by atoms with Crippen molar-refractivity contribution in [2.45, 2.75) is 64.7 Å². The number of phenolic OH excluding ortho intramolecular Hbond substituents is 1. The molecule has 1 heterocycles. The van der Waals surface area contributed by atoms with Gasteiger partial charge in [-0.05, 0) is 79.6 Å². The number of aryl methyl sites for hydroxylation is 3. The highest BCUT2D eigenvalue weighted by Crippen LogP contribution is 2.41. The SMILES string of the molecule is CCCN1CC(Cc2c(C)cccc2C)OC2c3cc(O)ccc3CCC21. The first kappa shape index (κ1) is 18.5. The first-order valence-corrected chi connectivity index (χ1v) is 10.3. The van der Waals surface area contributed by atoms with Crippen LogP contribution in [0.15, 0.2) is 36.4 Å². The van der Waals surface area contributed by atoms with E-state index in [9.17, 15) is 5.11 Å². The van der Waals surface area contributed by atoms with Crippen molar-refractivity contribution in [2.24, 2.45) is 0 Å². The van der Waals surface area contributed by atoms with Crippen LogP contribution in [-0.2, 0) is 17.6 Å². The van der Waals surface area contributed by atoms with Gasteiger partial charge in [0.15, 0.2) is 0 Å². The molecule has 1 aliphatic carbocycles. The predicted molar refractivity (Wildman–Crippen MR) is 109 cm³/mol. The summed E-state index contributed by atoms with van der Waals surface area (Å²) in [6, 6.07) is 12.8. The van der Waals surface area contributed by atoms with Crippen molar-refractivity contribution < 1.29 is 9.84 Å². The van der Waals surface area contributed by atoms with E-state index < -0.39 is 0 Å². The summed E-state index contributed by atoms with van der Waals surface area (Å²) in [6.07, 6.45) is 4.57. The Morgan fingerprint density at radius 1 is 1.15 bits per heavy atom. The van der Waals surface area contributed by atoms with Gasteiger partial charge in [0.25, 0.3) is 0 Å². The number of hydrogen-bond donors (Lipinski definition) is 1. The summed E-state index contributed by atoms with van der Waals surface area (Å²) in [5.41, 5.74) is 6.65. The second-order valence-electron chi connectivity index (χ2n) is 8.24. The van der Waals surface area contributed by atoms with Crippen LogP contribution in [0.3, 0.4) is 0 Å². The molecule has 0 radical (unpaired) electrons. The van der Waals surface area contributed by atoms with Crippen LogP contribution in [0.1, 0.15) is 53.7 Å². The Balaban J connectivity index is 1.64. The fraction of sp³-hybridized carbons (Fsp3) is 0.500. The van der Waals surface area contributed by atoms with E-state index in [-0.39, 0.29) is 12.2 Å². The molecule has 2 aromatic carbocycles. The van der Waals surface area contributed by atoms with Gasteiger partial charge in [-0.25, -0.2) is 0 Å². The Hall–Kier alpha value is -1.84. The lowest BCUT2D eigenvalue weighted by molar-refractivity contribution is -0.127. The van der Waals surface area contributed by atoms with E-state index in [1.54, 1.807) is 6.07 Å². The molecule has 0 aromatic heterocycles. The van der Waals surface area contributed by atoms with E-state index in [2.05, 4.69) is 49.9 Å². The van der Waals surface area contributed by atoms with E-state index in [0.717, 1.165) is 38.8 Å². The summed E-state index contributed by atoms with van der Waals surface area (Å²) in [5, 5.41) is 10.1. The quantitative estimate of drug-likeness (QED) is 0.851. The van der Waals surface area contributed by atoms with Gasteiger partial charge in [-0.1, -0.05) is 31.2 Å². The maximum Gasteiger partial charge on any atom is 0.115 e. The molecule has 27 heavy (non-hydrogen) atoms. The fourth-order valence-corrected chi connectivity index (χ4v) is 4.98. The minimum atomic E-state index is 0.0653. The average Bonchev–Trinajstić information content (AvgIpc) is 2.65. The number of aromatic hydroxyl groups is 1. The molecule has 0 saturated carbocycles. The lowest BCUT2D eigenvalue weighted by Gasteiger charge is -2.48.